The summed E-state index contributed by atoms with van der Waals surface area (Å²) in [5.74, 6) is 0. The van der Waals surface area contributed by atoms with Crippen LogP contribution in [0.5, 0.6) is 0 Å². The number of rotatable bonds is 4. The number of nitrogens with one attached hydrogen (secondary N) is 1. The number of hydrogen-bond donors (Lipinski definition) is 1. The highest BCUT2D eigenvalue weighted by Crippen LogP contribution is 2.25. The quantitative estimate of drug-likeness (QED) is 0.454. The van der Waals surface area contributed by atoms with Gasteiger partial charge < -0.3 is 5.32 Å². The predicted octanol–water partition coefficient (Wildman–Crippen LogP) is 1.07. The maximum atomic E-state index is 10.4. The van der Waals surface area contributed by atoms with Crippen LogP contribution in [0.3, 0.4) is 0 Å². The molecule has 0 saturated heterocycles. The number of benzene rings is 1. The fraction of sp³-hybridized carbons (Fsp3) is 0. The molecule has 0 saturated carbocycles. The van der Waals surface area contributed by atoms with Gasteiger partial charge >= 0.3 is 0 Å². The third-order valence-corrected chi connectivity index (χ3v) is 1.55. The molecular formula is C7H5N3O5. The van der Waals surface area contributed by atoms with E-state index in [1.807, 2.05) is 0 Å². The number of anilines is 1. The van der Waals surface area contributed by atoms with Gasteiger partial charge in [-0.05, 0) is 0 Å². The van der Waals surface area contributed by atoms with E-state index in [1.54, 1.807) is 0 Å². The average molecular weight is 211 g/mol. The lowest BCUT2D eigenvalue weighted by atomic mass is 10.2. The van der Waals surface area contributed by atoms with Gasteiger partial charge in [0.25, 0.3) is 11.4 Å². The highest BCUT2D eigenvalue weighted by atomic mass is 16.6. The van der Waals surface area contributed by atoms with Crippen LogP contribution in [0.15, 0.2) is 18.2 Å². The Morgan fingerprint density at radius 2 is 1.53 bits per heavy atom. The summed E-state index contributed by atoms with van der Waals surface area (Å²) in [4.78, 5) is 29.3. The number of amides is 1. The zero-order valence-electron chi connectivity index (χ0n) is 7.25. The van der Waals surface area contributed by atoms with E-state index in [-0.39, 0.29) is 12.1 Å². The molecule has 1 aromatic rings. The van der Waals surface area contributed by atoms with Gasteiger partial charge in [-0.25, -0.2) is 0 Å². The summed E-state index contributed by atoms with van der Waals surface area (Å²) in [6, 6.07) is 2.87. The zero-order chi connectivity index (χ0) is 11.4. The van der Waals surface area contributed by atoms with Gasteiger partial charge in [-0.2, -0.15) is 0 Å². The molecule has 0 atom stereocenters. The summed E-state index contributed by atoms with van der Waals surface area (Å²) in [5.41, 5.74) is -0.895. The van der Waals surface area contributed by atoms with Crippen molar-refractivity contribution in [2.75, 3.05) is 5.32 Å². The SMILES string of the molecule is O=CNc1cc([N+](=O)[O-])cc([N+](=O)[O-])c1. The molecule has 78 valence electrons. The monoisotopic (exact) mass is 211 g/mol. The molecule has 8 nitrogen and oxygen atoms in total. The van der Waals surface area contributed by atoms with Crippen molar-refractivity contribution in [2.45, 2.75) is 0 Å². The van der Waals surface area contributed by atoms with E-state index in [4.69, 9.17) is 0 Å². The second-order valence-corrected chi connectivity index (χ2v) is 2.51. The van der Waals surface area contributed by atoms with Crippen molar-refractivity contribution in [3.8, 4) is 0 Å². The summed E-state index contributed by atoms with van der Waals surface area (Å²) >= 11 is 0. The summed E-state index contributed by atoms with van der Waals surface area (Å²) in [6.45, 7) is 0. The van der Waals surface area contributed by atoms with Crippen molar-refractivity contribution in [1.82, 2.24) is 0 Å². The van der Waals surface area contributed by atoms with E-state index in [2.05, 4.69) is 5.32 Å². The number of nitro benzene ring substituents is 2. The van der Waals surface area contributed by atoms with Gasteiger partial charge in [0.15, 0.2) is 0 Å². The lowest BCUT2D eigenvalue weighted by molar-refractivity contribution is -0.394. The van der Waals surface area contributed by atoms with Crippen LogP contribution in [0.25, 0.3) is 0 Å². The average Bonchev–Trinajstić information content (AvgIpc) is 2.17. The molecule has 0 aliphatic heterocycles. The van der Waals surface area contributed by atoms with E-state index in [1.165, 1.54) is 0 Å². The molecule has 1 rings (SSSR count). The van der Waals surface area contributed by atoms with Crippen LogP contribution in [-0.4, -0.2) is 16.3 Å². The molecule has 0 bridgehead atoms. The molecule has 0 fully saturated rings. The Hall–Kier alpha value is -2.51. The third kappa shape index (κ3) is 2.46. The van der Waals surface area contributed by atoms with Crippen LogP contribution < -0.4 is 5.32 Å². The summed E-state index contributed by atoms with van der Waals surface area (Å²) in [5, 5.41) is 22.9. The van der Waals surface area contributed by atoms with Crippen LogP contribution in [0.1, 0.15) is 0 Å². The van der Waals surface area contributed by atoms with E-state index in [0.29, 0.717) is 0 Å². The van der Waals surface area contributed by atoms with Crippen molar-refractivity contribution in [2.24, 2.45) is 0 Å². The highest BCUT2D eigenvalue weighted by Gasteiger charge is 2.15. The number of hydrogen-bond acceptors (Lipinski definition) is 5. The molecular weight excluding hydrogens is 206 g/mol. The standard InChI is InChI=1S/C7H5N3O5/c11-4-8-5-1-6(9(12)13)3-7(2-5)10(14)15/h1-4H,(H,8,11). The Morgan fingerprint density at radius 3 is 1.87 bits per heavy atom. The Morgan fingerprint density at radius 1 is 1.07 bits per heavy atom. The fourth-order valence-electron chi connectivity index (χ4n) is 0.957. The smallest absolute Gasteiger partial charge is 0.278 e. The first-order valence-electron chi connectivity index (χ1n) is 3.68. The van der Waals surface area contributed by atoms with Gasteiger partial charge in [-0.15, -0.1) is 0 Å². The molecule has 0 heterocycles. The van der Waals surface area contributed by atoms with E-state index in [0.717, 1.165) is 18.2 Å². The van der Waals surface area contributed by atoms with Crippen molar-refractivity contribution < 1.29 is 14.6 Å². The summed E-state index contributed by atoms with van der Waals surface area (Å²) in [6.07, 6.45) is 0.281. The Kier molecular flexibility index (Phi) is 2.91. The largest absolute Gasteiger partial charge is 0.328 e. The highest BCUT2D eigenvalue weighted by molar-refractivity contribution is 5.74. The van der Waals surface area contributed by atoms with Gasteiger partial charge in [0.2, 0.25) is 6.41 Å². The minimum Gasteiger partial charge on any atom is -0.328 e. The predicted molar refractivity (Wildman–Crippen MR) is 49.4 cm³/mol. The first kappa shape index (κ1) is 10.6. The van der Waals surface area contributed by atoms with E-state index in [9.17, 15) is 25.0 Å². The molecule has 15 heavy (non-hydrogen) atoms. The first-order valence-corrected chi connectivity index (χ1v) is 3.68. The molecule has 0 spiro atoms. The zero-order valence-corrected chi connectivity index (χ0v) is 7.25. The number of nitro groups is 2. The number of nitrogens with zero attached hydrogens (tertiary/aromatic N) is 2. The minimum atomic E-state index is -0.775. The van der Waals surface area contributed by atoms with Crippen LogP contribution in [0.4, 0.5) is 17.1 Å². The fourth-order valence-corrected chi connectivity index (χ4v) is 0.957. The topological polar surface area (TPSA) is 115 Å². The van der Waals surface area contributed by atoms with Gasteiger partial charge in [0.1, 0.15) is 0 Å². The summed E-state index contributed by atoms with van der Waals surface area (Å²) < 4.78 is 0. The second kappa shape index (κ2) is 4.13. The van der Waals surface area contributed by atoms with Crippen LogP contribution in [-0.2, 0) is 4.79 Å². The molecule has 0 unspecified atom stereocenters. The molecule has 0 radical (unpaired) electrons. The normalized spacial score (nSPS) is 9.33. The van der Waals surface area contributed by atoms with Crippen molar-refractivity contribution in [1.29, 1.82) is 0 Å². The van der Waals surface area contributed by atoms with Crippen LogP contribution in [0, 0.1) is 20.2 Å². The molecule has 0 aliphatic rings. The Balaban J connectivity index is 3.25. The number of non-ortho nitro benzene ring substituents is 2. The Labute approximate surface area is 82.8 Å². The maximum absolute atomic E-state index is 10.4. The first-order chi connectivity index (χ1) is 7.04. The van der Waals surface area contributed by atoms with Gasteiger partial charge in [0, 0.05) is 12.1 Å². The lowest BCUT2D eigenvalue weighted by Gasteiger charge is -1.98. The number of carbonyl (C=O) groups excluding carboxylic acids is 1. The molecule has 0 aromatic heterocycles. The van der Waals surface area contributed by atoms with Gasteiger partial charge in [-0.1, -0.05) is 0 Å². The van der Waals surface area contributed by atoms with Crippen molar-refractivity contribution >= 4 is 23.5 Å². The maximum Gasteiger partial charge on any atom is 0.278 e. The third-order valence-electron chi connectivity index (χ3n) is 1.55. The minimum absolute atomic E-state index is 0.00546. The second-order valence-electron chi connectivity index (χ2n) is 2.51. The molecule has 1 aromatic carbocycles. The molecule has 0 aliphatic carbocycles. The van der Waals surface area contributed by atoms with Gasteiger partial charge in [-0.3, -0.25) is 25.0 Å². The molecule has 1 amide bonds. The molecule has 1 N–H and O–H groups in total. The van der Waals surface area contributed by atoms with Crippen LogP contribution in [0.2, 0.25) is 0 Å². The van der Waals surface area contributed by atoms with E-state index >= 15 is 0 Å². The molecule has 8 heteroatoms. The number of carbonyl (C=O) groups is 1. The van der Waals surface area contributed by atoms with Crippen molar-refractivity contribution in [3.05, 3.63) is 38.4 Å². The van der Waals surface area contributed by atoms with Crippen molar-refractivity contribution in [3.63, 3.8) is 0 Å². The lowest BCUT2D eigenvalue weighted by Crippen LogP contribution is -1.98. The van der Waals surface area contributed by atoms with Gasteiger partial charge in [0.05, 0.1) is 21.6 Å². The Bertz CT molecular complexity index is 398. The van der Waals surface area contributed by atoms with E-state index < -0.39 is 21.2 Å². The van der Waals surface area contributed by atoms with Crippen LogP contribution >= 0.6 is 0 Å². The summed E-state index contributed by atoms with van der Waals surface area (Å²) in [7, 11) is 0.